The first-order chi connectivity index (χ1) is 10.1. The maximum absolute atomic E-state index is 10.8. The quantitative estimate of drug-likeness (QED) is 0.693. The van der Waals surface area contributed by atoms with Gasteiger partial charge in [-0.1, -0.05) is 30.3 Å². The highest BCUT2D eigenvalue weighted by atomic mass is 16.6. The molecule has 3 rings (SSSR count). The molecule has 106 valence electrons. The minimum absolute atomic E-state index is 0.0898. The molecule has 0 aliphatic carbocycles. The van der Waals surface area contributed by atoms with Crippen LogP contribution in [0.1, 0.15) is 17.2 Å². The Morgan fingerprint density at radius 3 is 2.71 bits per heavy atom. The van der Waals surface area contributed by atoms with Gasteiger partial charge in [-0.05, 0) is 11.6 Å². The highest BCUT2D eigenvalue weighted by molar-refractivity contribution is 5.98. The summed E-state index contributed by atoms with van der Waals surface area (Å²) in [6.07, 6.45) is -0.236. The van der Waals surface area contributed by atoms with E-state index in [0.717, 1.165) is 5.56 Å². The first kappa shape index (κ1) is 13.1. The van der Waals surface area contributed by atoms with Gasteiger partial charge in [-0.25, -0.2) is 4.99 Å². The Morgan fingerprint density at radius 1 is 1.24 bits per heavy atom. The molecule has 21 heavy (non-hydrogen) atoms. The number of non-ortho nitro benzene ring substituents is 1. The number of nitro groups is 1. The molecule has 1 atom stereocenters. The molecule has 2 aromatic carbocycles. The summed E-state index contributed by atoms with van der Waals surface area (Å²) in [5.74, 6) is 0.137. The van der Waals surface area contributed by atoms with Crippen LogP contribution in [0, 0.1) is 10.1 Å². The first-order valence-electron chi connectivity index (χ1n) is 6.39. The van der Waals surface area contributed by atoms with Gasteiger partial charge in [-0.15, -0.1) is 0 Å². The summed E-state index contributed by atoms with van der Waals surface area (Å²) < 4.78 is 5.72. The zero-order valence-corrected chi connectivity index (χ0v) is 11.0. The standard InChI is InChI=1S/C15H12N2O4/c18-13-7-6-11(17(19)20)8-12(13)15-16-9-14(21-15)10-4-2-1-3-5-10/h1-8,14,18H,9H2. The molecule has 0 radical (unpaired) electrons. The average Bonchev–Trinajstić information content (AvgIpc) is 2.98. The van der Waals surface area contributed by atoms with E-state index in [9.17, 15) is 15.2 Å². The van der Waals surface area contributed by atoms with Gasteiger partial charge in [-0.3, -0.25) is 10.1 Å². The molecule has 1 heterocycles. The van der Waals surface area contributed by atoms with Crippen LogP contribution >= 0.6 is 0 Å². The van der Waals surface area contributed by atoms with Crippen molar-refractivity contribution in [1.29, 1.82) is 0 Å². The molecule has 0 fully saturated rings. The van der Waals surface area contributed by atoms with Crippen LogP contribution in [-0.4, -0.2) is 22.5 Å². The van der Waals surface area contributed by atoms with E-state index in [1.807, 2.05) is 30.3 Å². The number of nitro benzene ring substituents is 1. The SMILES string of the molecule is O=[N+]([O-])c1ccc(O)c(C2=NCC(c3ccccc3)O2)c1. The highest BCUT2D eigenvalue weighted by Gasteiger charge is 2.25. The third kappa shape index (κ3) is 2.55. The Bertz CT molecular complexity index is 713. The molecule has 0 saturated heterocycles. The smallest absolute Gasteiger partial charge is 0.270 e. The van der Waals surface area contributed by atoms with E-state index in [-0.39, 0.29) is 29.0 Å². The topological polar surface area (TPSA) is 85.0 Å². The van der Waals surface area contributed by atoms with Gasteiger partial charge in [0.05, 0.1) is 17.0 Å². The van der Waals surface area contributed by atoms with E-state index in [2.05, 4.69) is 4.99 Å². The molecule has 6 nitrogen and oxygen atoms in total. The molecule has 0 amide bonds. The molecule has 2 aromatic rings. The van der Waals surface area contributed by atoms with Crippen molar-refractivity contribution in [2.75, 3.05) is 6.54 Å². The van der Waals surface area contributed by atoms with Gasteiger partial charge >= 0.3 is 0 Å². The van der Waals surface area contributed by atoms with Crippen molar-refractivity contribution < 1.29 is 14.8 Å². The highest BCUT2D eigenvalue weighted by Crippen LogP contribution is 2.30. The first-order valence-corrected chi connectivity index (χ1v) is 6.39. The zero-order chi connectivity index (χ0) is 14.8. The summed E-state index contributed by atoms with van der Waals surface area (Å²) in [7, 11) is 0. The molecule has 0 saturated carbocycles. The fraction of sp³-hybridized carbons (Fsp3) is 0.133. The van der Waals surface area contributed by atoms with Crippen LogP contribution in [0.3, 0.4) is 0 Å². The average molecular weight is 284 g/mol. The van der Waals surface area contributed by atoms with Crippen LogP contribution in [0.4, 0.5) is 5.69 Å². The fourth-order valence-electron chi connectivity index (χ4n) is 2.17. The lowest BCUT2D eigenvalue weighted by molar-refractivity contribution is -0.384. The summed E-state index contributed by atoms with van der Waals surface area (Å²) in [4.78, 5) is 14.5. The Hall–Kier alpha value is -2.89. The fourth-order valence-corrected chi connectivity index (χ4v) is 2.17. The summed E-state index contributed by atoms with van der Waals surface area (Å²) in [5, 5.41) is 20.7. The van der Waals surface area contributed by atoms with E-state index in [1.165, 1.54) is 18.2 Å². The van der Waals surface area contributed by atoms with Gasteiger partial charge < -0.3 is 9.84 Å². The van der Waals surface area contributed by atoms with Gasteiger partial charge in [0, 0.05) is 12.1 Å². The summed E-state index contributed by atoms with van der Waals surface area (Å²) >= 11 is 0. The normalized spacial score (nSPS) is 17.1. The molecular weight excluding hydrogens is 272 g/mol. The molecule has 1 N–H and O–H groups in total. The number of benzene rings is 2. The van der Waals surface area contributed by atoms with Crippen molar-refractivity contribution in [2.24, 2.45) is 4.99 Å². The lowest BCUT2D eigenvalue weighted by Gasteiger charge is -2.12. The van der Waals surface area contributed by atoms with Crippen molar-refractivity contribution in [3.63, 3.8) is 0 Å². The van der Waals surface area contributed by atoms with Gasteiger partial charge in [-0.2, -0.15) is 0 Å². The largest absolute Gasteiger partial charge is 0.507 e. The predicted octanol–water partition coefficient (Wildman–Crippen LogP) is 2.82. The number of aliphatic imine (C=N–C) groups is 1. The van der Waals surface area contributed by atoms with Crippen LogP contribution in [-0.2, 0) is 4.74 Å². The number of rotatable bonds is 3. The Morgan fingerprint density at radius 2 is 2.00 bits per heavy atom. The Labute approximate surface area is 120 Å². The van der Waals surface area contributed by atoms with Crippen molar-refractivity contribution in [3.05, 3.63) is 69.8 Å². The van der Waals surface area contributed by atoms with E-state index < -0.39 is 4.92 Å². The number of hydrogen-bond acceptors (Lipinski definition) is 5. The monoisotopic (exact) mass is 284 g/mol. The summed E-state index contributed by atoms with van der Waals surface area (Å²) in [5.41, 5.74) is 1.10. The van der Waals surface area contributed by atoms with Crippen LogP contribution in [0.15, 0.2) is 53.5 Å². The van der Waals surface area contributed by atoms with Crippen molar-refractivity contribution >= 4 is 11.6 Å². The van der Waals surface area contributed by atoms with Crippen LogP contribution < -0.4 is 0 Å². The minimum atomic E-state index is -0.521. The van der Waals surface area contributed by atoms with Crippen molar-refractivity contribution in [2.45, 2.75) is 6.10 Å². The van der Waals surface area contributed by atoms with E-state index in [4.69, 9.17) is 4.74 Å². The van der Waals surface area contributed by atoms with Crippen molar-refractivity contribution in [1.82, 2.24) is 0 Å². The lowest BCUT2D eigenvalue weighted by atomic mass is 10.1. The number of aromatic hydroxyl groups is 1. The van der Waals surface area contributed by atoms with E-state index in [0.29, 0.717) is 6.54 Å². The zero-order valence-electron chi connectivity index (χ0n) is 11.0. The maximum Gasteiger partial charge on any atom is 0.270 e. The molecule has 0 bridgehead atoms. The molecular formula is C15H12N2O4. The Balaban J connectivity index is 1.86. The number of nitrogens with zero attached hydrogens (tertiary/aromatic N) is 2. The molecule has 0 spiro atoms. The van der Waals surface area contributed by atoms with Gasteiger partial charge in [0.15, 0.2) is 0 Å². The second kappa shape index (κ2) is 5.24. The number of ether oxygens (including phenoxy) is 1. The van der Waals surface area contributed by atoms with Crippen LogP contribution in [0.2, 0.25) is 0 Å². The van der Waals surface area contributed by atoms with Crippen LogP contribution in [0.5, 0.6) is 5.75 Å². The van der Waals surface area contributed by atoms with Gasteiger partial charge in [0.25, 0.3) is 5.69 Å². The third-order valence-electron chi connectivity index (χ3n) is 3.25. The second-order valence-corrected chi connectivity index (χ2v) is 4.62. The molecule has 6 heteroatoms. The predicted molar refractivity (Wildman–Crippen MR) is 76.4 cm³/mol. The third-order valence-corrected chi connectivity index (χ3v) is 3.25. The number of phenolic OH excluding ortho intramolecular Hbond substituents is 1. The second-order valence-electron chi connectivity index (χ2n) is 4.62. The summed E-state index contributed by atoms with van der Waals surface area (Å²) in [6.45, 7) is 0.418. The van der Waals surface area contributed by atoms with Gasteiger partial charge in [0.2, 0.25) is 5.90 Å². The number of hydrogen-bond donors (Lipinski definition) is 1. The van der Waals surface area contributed by atoms with E-state index >= 15 is 0 Å². The number of phenols is 1. The molecule has 1 aliphatic heterocycles. The van der Waals surface area contributed by atoms with Crippen LogP contribution in [0.25, 0.3) is 0 Å². The van der Waals surface area contributed by atoms with Crippen molar-refractivity contribution in [3.8, 4) is 5.75 Å². The molecule has 1 aliphatic rings. The summed E-state index contributed by atoms with van der Waals surface area (Å²) in [6, 6.07) is 13.3. The minimum Gasteiger partial charge on any atom is -0.507 e. The Kier molecular flexibility index (Phi) is 3.27. The molecule has 0 aromatic heterocycles. The lowest BCUT2D eigenvalue weighted by Crippen LogP contribution is -2.06. The van der Waals surface area contributed by atoms with Gasteiger partial charge in [0.1, 0.15) is 11.9 Å². The maximum atomic E-state index is 10.8. The van der Waals surface area contributed by atoms with E-state index in [1.54, 1.807) is 0 Å². The molecule has 1 unspecified atom stereocenters.